The van der Waals surface area contributed by atoms with Gasteiger partial charge in [0.05, 0.1) is 5.69 Å². The molecule has 0 N–H and O–H groups in total. The second-order valence-corrected chi connectivity index (χ2v) is 18.4. The Labute approximate surface area is 399 Å². The first kappa shape index (κ1) is 40.9. The molecule has 1 aliphatic carbocycles. The Morgan fingerprint density at radius 3 is 1.51 bits per heavy atom. The van der Waals surface area contributed by atoms with Gasteiger partial charge in [-0.15, -0.1) is 0 Å². The normalized spacial score (nSPS) is 12.4. The molecule has 0 atom stereocenters. The molecule has 0 aromatic heterocycles. The molecule has 11 aromatic rings. The Kier molecular flexibility index (Phi) is 10.3. The third kappa shape index (κ3) is 7.12. The predicted molar refractivity (Wildman–Crippen MR) is 289 cm³/mol. The number of benzene rings is 11. The minimum absolute atomic E-state index is 0.148. The van der Waals surface area contributed by atoms with Gasteiger partial charge in [0.1, 0.15) is 0 Å². The Morgan fingerprint density at radius 2 is 0.794 bits per heavy atom. The van der Waals surface area contributed by atoms with E-state index in [1.165, 1.54) is 88.7 Å². The van der Waals surface area contributed by atoms with E-state index in [1.54, 1.807) is 0 Å². The summed E-state index contributed by atoms with van der Waals surface area (Å²) in [5, 5.41) is 2.46. The van der Waals surface area contributed by atoms with E-state index in [-0.39, 0.29) is 5.41 Å². The van der Waals surface area contributed by atoms with E-state index in [9.17, 15) is 0 Å². The molecule has 12 rings (SSSR count). The van der Waals surface area contributed by atoms with E-state index < -0.39 is 0 Å². The maximum Gasteiger partial charge on any atom is 0.0540 e. The molecule has 0 bridgehead atoms. The molecule has 0 radical (unpaired) electrons. The third-order valence-corrected chi connectivity index (χ3v) is 14.1. The Bertz CT molecular complexity index is 3620. The van der Waals surface area contributed by atoms with Crippen LogP contribution in [0, 0.1) is 0 Å². The van der Waals surface area contributed by atoms with Crippen molar-refractivity contribution in [3.63, 3.8) is 0 Å². The maximum absolute atomic E-state index is 2.46. The fourth-order valence-electron chi connectivity index (χ4n) is 10.9. The summed E-state index contributed by atoms with van der Waals surface area (Å²) in [6.45, 7) is 4.75. The Balaban J connectivity index is 1.03. The first-order valence-corrected chi connectivity index (χ1v) is 23.7. The van der Waals surface area contributed by atoms with Crippen molar-refractivity contribution in [2.45, 2.75) is 19.3 Å². The van der Waals surface area contributed by atoms with Gasteiger partial charge in [0, 0.05) is 22.4 Å². The number of hydrogen-bond acceptors (Lipinski definition) is 1. The van der Waals surface area contributed by atoms with Crippen molar-refractivity contribution in [1.29, 1.82) is 0 Å². The molecular formula is C67H49N. The minimum Gasteiger partial charge on any atom is -0.310 e. The molecule has 1 nitrogen and oxygen atoms in total. The fourth-order valence-corrected chi connectivity index (χ4v) is 10.9. The van der Waals surface area contributed by atoms with Crippen molar-refractivity contribution in [2.24, 2.45) is 0 Å². The molecular weight excluding hydrogens is 819 g/mol. The summed E-state index contributed by atoms with van der Waals surface area (Å²) in [5.41, 5.74) is 23.0. The molecule has 0 saturated carbocycles. The molecule has 11 aromatic carbocycles. The first-order valence-electron chi connectivity index (χ1n) is 23.7. The summed E-state index contributed by atoms with van der Waals surface area (Å²) in [5.74, 6) is 0. The van der Waals surface area contributed by atoms with Gasteiger partial charge in [0.2, 0.25) is 0 Å². The number of fused-ring (bicyclic) bond motifs is 4. The van der Waals surface area contributed by atoms with Crippen LogP contribution in [-0.4, -0.2) is 0 Å². The van der Waals surface area contributed by atoms with Crippen LogP contribution in [0.25, 0.3) is 88.7 Å². The smallest absolute Gasteiger partial charge is 0.0540 e. The number of nitrogens with zero attached hydrogens (tertiary/aromatic N) is 1. The van der Waals surface area contributed by atoms with Crippen LogP contribution in [0.4, 0.5) is 17.1 Å². The van der Waals surface area contributed by atoms with Crippen molar-refractivity contribution in [2.75, 3.05) is 4.90 Å². The van der Waals surface area contributed by atoms with Crippen LogP contribution in [-0.2, 0) is 5.41 Å². The van der Waals surface area contributed by atoms with Crippen molar-refractivity contribution in [3.8, 4) is 77.9 Å². The van der Waals surface area contributed by atoms with Crippen LogP contribution in [0.1, 0.15) is 25.0 Å². The summed E-state index contributed by atoms with van der Waals surface area (Å²) in [7, 11) is 0. The Hall–Kier alpha value is -8.52. The molecule has 0 unspecified atom stereocenters. The largest absolute Gasteiger partial charge is 0.310 e. The summed E-state index contributed by atoms with van der Waals surface area (Å²) in [6.07, 6.45) is 0. The van der Waals surface area contributed by atoms with E-state index in [1.807, 2.05) is 0 Å². The molecule has 68 heavy (non-hydrogen) atoms. The van der Waals surface area contributed by atoms with Gasteiger partial charge in [-0.05, 0) is 131 Å². The highest BCUT2D eigenvalue weighted by atomic mass is 15.1. The summed E-state index contributed by atoms with van der Waals surface area (Å²) < 4.78 is 0. The van der Waals surface area contributed by atoms with Gasteiger partial charge in [-0.2, -0.15) is 0 Å². The molecule has 0 saturated heterocycles. The molecule has 0 spiro atoms. The molecule has 0 heterocycles. The van der Waals surface area contributed by atoms with Crippen LogP contribution in [0.15, 0.2) is 261 Å². The molecule has 322 valence electrons. The molecule has 1 heteroatoms. The van der Waals surface area contributed by atoms with Crippen molar-refractivity contribution in [1.82, 2.24) is 0 Å². The number of para-hydroxylation sites is 1. The van der Waals surface area contributed by atoms with E-state index in [0.717, 1.165) is 28.2 Å². The fraction of sp³-hybridized carbons (Fsp3) is 0.0448. The molecule has 0 amide bonds. The van der Waals surface area contributed by atoms with Crippen LogP contribution >= 0.6 is 0 Å². The van der Waals surface area contributed by atoms with Gasteiger partial charge >= 0.3 is 0 Å². The maximum atomic E-state index is 2.46. The van der Waals surface area contributed by atoms with Crippen LogP contribution in [0.5, 0.6) is 0 Å². The average molecular weight is 868 g/mol. The SMILES string of the molecule is CC1(C)c2ccccc2-c2cccc(-c3cccc(N(c4ccc(-c5ccc(-c6ccccc6)c(-c6ccccc6)c5)cc4)c4ccccc4-c4cccc5cccc(-c6ccccc6)c45)c3)c21. The van der Waals surface area contributed by atoms with E-state index >= 15 is 0 Å². The van der Waals surface area contributed by atoms with Crippen molar-refractivity contribution in [3.05, 3.63) is 272 Å². The number of rotatable bonds is 9. The van der Waals surface area contributed by atoms with Gasteiger partial charge in [0.25, 0.3) is 0 Å². The second-order valence-electron chi connectivity index (χ2n) is 18.4. The highest BCUT2D eigenvalue weighted by Crippen LogP contribution is 2.53. The standard InChI is InChI=1S/C67H49N/c1-67(2)63-36-14-12-30-58(63)61-35-19-33-57(66(61)67)52-28-16-29-54(44-52)68(64-37-15-13-31-59(64)60-34-18-27-50-26-17-32-56(65(50)60)48-22-8-4-9-23-48)53-41-38-46(39-42-53)51-40-43-55(47-20-6-3-7-21-47)62(45-51)49-24-10-5-11-25-49/h3-45H,1-2H3. The zero-order valence-electron chi connectivity index (χ0n) is 38.3. The zero-order chi connectivity index (χ0) is 45.6. The van der Waals surface area contributed by atoms with Gasteiger partial charge in [-0.1, -0.05) is 238 Å². The zero-order valence-corrected chi connectivity index (χ0v) is 38.3. The van der Waals surface area contributed by atoms with Crippen molar-refractivity contribution >= 4 is 27.8 Å². The number of hydrogen-bond donors (Lipinski definition) is 0. The molecule has 0 aliphatic heterocycles. The molecule has 1 aliphatic rings. The summed E-state index contributed by atoms with van der Waals surface area (Å²) in [6, 6.07) is 95.6. The third-order valence-electron chi connectivity index (χ3n) is 14.1. The van der Waals surface area contributed by atoms with Crippen LogP contribution < -0.4 is 4.90 Å². The topological polar surface area (TPSA) is 3.24 Å². The minimum atomic E-state index is -0.148. The van der Waals surface area contributed by atoms with Gasteiger partial charge in [-0.3, -0.25) is 0 Å². The van der Waals surface area contributed by atoms with Crippen LogP contribution in [0.2, 0.25) is 0 Å². The quantitative estimate of drug-likeness (QED) is 0.140. The lowest BCUT2D eigenvalue weighted by Gasteiger charge is -2.29. The Morgan fingerprint density at radius 1 is 0.279 bits per heavy atom. The highest BCUT2D eigenvalue weighted by molar-refractivity contribution is 6.09. The summed E-state index contributed by atoms with van der Waals surface area (Å²) in [4.78, 5) is 2.46. The van der Waals surface area contributed by atoms with Crippen molar-refractivity contribution < 1.29 is 0 Å². The summed E-state index contributed by atoms with van der Waals surface area (Å²) >= 11 is 0. The van der Waals surface area contributed by atoms with Gasteiger partial charge in [-0.25, -0.2) is 0 Å². The first-order chi connectivity index (χ1) is 33.5. The average Bonchev–Trinajstić information content (AvgIpc) is 3.65. The van der Waals surface area contributed by atoms with E-state index in [4.69, 9.17) is 0 Å². The van der Waals surface area contributed by atoms with Gasteiger partial charge in [0.15, 0.2) is 0 Å². The lowest BCUT2D eigenvalue weighted by molar-refractivity contribution is 0.662. The second kappa shape index (κ2) is 17.0. The number of anilines is 3. The van der Waals surface area contributed by atoms with E-state index in [0.29, 0.717) is 0 Å². The predicted octanol–water partition coefficient (Wildman–Crippen LogP) is 18.6. The van der Waals surface area contributed by atoms with E-state index in [2.05, 4.69) is 280 Å². The van der Waals surface area contributed by atoms with Crippen LogP contribution in [0.3, 0.4) is 0 Å². The molecule has 0 fully saturated rings. The lowest BCUT2D eigenvalue weighted by atomic mass is 9.79. The monoisotopic (exact) mass is 867 g/mol. The highest BCUT2D eigenvalue weighted by Gasteiger charge is 2.37. The van der Waals surface area contributed by atoms with Gasteiger partial charge < -0.3 is 4.90 Å². The lowest BCUT2D eigenvalue weighted by Crippen LogP contribution is -2.16.